The van der Waals surface area contributed by atoms with Crippen LogP contribution in [0.1, 0.15) is 13.8 Å². The Balaban J connectivity index is 2.12. The molecule has 14 heavy (non-hydrogen) atoms. The molecule has 0 radical (unpaired) electrons. The van der Waals surface area contributed by atoms with Gasteiger partial charge in [-0.3, -0.25) is 0 Å². The van der Waals surface area contributed by atoms with Gasteiger partial charge < -0.3 is 10.6 Å². The summed E-state index contributed by atoms with van der Waals surface area (Å²) in [5.41, 5.74) is 5.51. The van der Waals surface area contributed by atoms with E-state index < -0.39 is 0 Å². The minimum Gasteiger partial charge on any atom is -0.367 e. The third kappa shape index (κ3) is 2.12. The molecule has 0 unspecified atom stereocenters. The molecule has 0 bridgehead atoms. The standard InChI is InChI=1S/C8H14N4S2/c1-8(2)5-12(3-4-13-8)7-10-6(9)11-14-7/h3-5H2,1-2H3,(H2,9,11). The average Bonchev–Trinajstić information content (AvgIpc) is 2.50. The van der Waals surface area contributed by atoms with Crippen LogP contribution in [0.5, 0.6) is 0 Å². The molecule has 1 aliphatic rings. The summed E-state index contributed by atoms with van der Waals surface area (Å²) < 4.78 is 4.30. The Bertz CT molecular complexity index is 323. The molecule has 1 aromatic heterocycles. The molecule has 6 heteroatoms. The molecule has 1 aliphatic heterocycles. The zero-order valence-corrected chi connectivity index (χ0v) is 9.99. The molecule has 4 nitrogen and oxygen atoms in total. The number of nitrogens with zero attached hydrogens (tertiary/aromatic N) is 3. The molecule has 1 aromatic rings. The molecule has 0 aliphatic carbocycles. The molecule has 0 aromatic carbocycles. The van der Waals surface area contributed by atoms with Gasteiger partial charge >= 0.3 is 0 Å². The molecule has 0 spiro atoms. The number of anilines is 2. The normalized spacial score (nSPS) is 21.1. The third-order valence-electron chi connectivity index (χ3n) is 2.13. The molecule has 2 rings (SSSR count). The van der Waals surface area contributed by atoms with Crippen molar-refractivity contribution >= 4 is 34.4 Å². The molecular weight excluding hydrogens is 216 g/mol. The van der Waals surface area contributed by atoms with Gasteiger partial charge in [0.25, 0.3) is 0 Å². The maximum Gasteiger partial charge on any atom is 0.233 e. The zero-order chi connectivity index (χ0) is 10.2. The van der Waals surface area contributed by atoms with Crippen LogP contribution < -0.4 is 10.6 Å². The first kappa shape index (κ1) is 10.0. The zero-order valence-electron chi connectivity index (χ0n) is 8.36. The largest absolute Gasteiger partial charge is 0.367 e. The highest BCUT2D eigenvalue weighted by atomic mass is 32.2. The smallest absolute Gasteiger partial charge is 0.233 e. The summed E-state index contributed by atoms with van der Waals surface area (Å²) in [6.07, 6.45) is 0. The Kier molecular flexibility index (Phi) is 2.57. The van der Waals surface area contributed by atoms with E-state index in [1.165, 1.54) is 11.5 Å². The van der Waals surface area contributed by atoms with Crippen molar-refractivity contribution in [2.75, 3.05) is 29.5 Å². The summed E-state index contributed by atoms with van der Waals surface area (Å²) in [4.78, 5) is 6.47. The van der Waals surface area contributed by atoms with Crippen LogP contribution in [0.4, 0.5) is 11.1 Å². The van der Waals surface area contributed by atoms with Gasteiger partial charge in [0, 0.05) is 35.1 Å². The predicted octanol–water partition coefficient (Wildman–Crippen LogP) is 1.45. The Labute approximate surface area is 92.1 Å². The van der Waals surface area contributed by atoms with Gasteiger partial charge in [0.15, 0.2) is 0 Å². The summed E-state index contributed by atoms with van der Waals surface area (Å²) in [7, 11) is 0. The summed E-state index contributed by atoms with van der Waals surface area (Å²) in [6, 6.07) is 0. The first-order valence-corrected chi connectivity index (χ1v) is 6.31. The van der Waals surface area contributed by atoms with Gasteiger partial charge in [-0.1, -0.05) is 0 Å². The van der Waals surface area contributed by atoms with Crippen LogP contribution in [0.25, 0.3) is 0 Å². The van der Waals surface area contributed by atoms with E-state index in [-0.39, 0.29) is 0 Å². The number of hydrogen-bond donors (Lipinski definition) is 1. The minimum atomic E-state index is 0.304. The first-order chi connectivity index (χ1) is 6.57. The second kappa shape index (κ2) is 3.58. The van der Waals surface area contributed by atoms with Crippen molar-refractivity contribution in [3.05, 3.63) is 0 Å². The molecule has 0 atom stereocenters. The van der Waals surface area contributed by atoms with Crippen LogP contribution in [0.15, 0.2) is 0 Å². The topological polar surface area (TPSA) is 55.0 Å². The van der Waals surface area contributed by atoms with Crippen molar-refractivity contribution in [3.8, 4) is 0 Å². The van der Waals surface area contributed by atoms with E-state index in [1.54, 1.807) is 0 Å². The number of thioether (sulfide) groups is 1. The second-order valence-electron chi connectivity index (χ2n) is 3.96. The van der Waals surface area contributed by atoms with E-state index >= 15 is 0 Å². The fourth-order valence-corrected chi connectivity index (χ4v) is 3.27. The second-order valence-corrected chi connectivity index (χ2v) is 6.50. The number of nitrogens with two attached hydrogens (primary N) is 1. The quantitative estimate of drug-likeness (QED) is 0.791. The Morgan fingerprint density at radius 3 is 2.86 bits per heavy atom. The van der Waals surface area contributed by atoms with Crippen molar-refractivity contribution in [2.45, 2.75) is 18.6 Å². The van der Waals surface area contributed by atoms with Crippen molar-refractivity contribution in [1.29, 1.82) is 0 Å². The third-order valence-corrected chi connectivity index (χ3v) is 4.22. The molecule has 2 N–H and O–H groups in total. The number of nitrogen functional groups attached to an aromatic ring is 1. The van der Waals surface area contributed by atoms with Crippen LogP contribution >= 0.6 is 23.3 Å². The maximum absolute atomic E-state index is 5.51. The van der Waals surface area contributed by atoms with Gasteiger partial charge in [-0.15, -0.1) is 0 Å². The van der Waals surface area contributed by atoms with Crippen LogP contribution in [0, 0.1) is 0 Å². The lowest BCUT2D eigenvalue weighted by molar-refractivity contribution is 0.646. The molecule has 78 valence electrons. The summed E-state index contributed by atoms with van der Waals surface area (Å²) in [5, 5.41) is 0.955. The van der Waals surface area contributed by atoms with E-state index in [2.05, 4.69) is 28.1 Å². The van der Waals surface area contributed by atoms with E-state index in [1.807, 2.05) is 11.8 Å². The number of hydrogen-bond acceptors (Lipinski definition) is 6. The molecule has 1 saturated heterocycles. The van der Waals surface area contributed by atoms with Crippen molar-refractivity contribution in [3.63, 3.8) is 0 Å². The maximum atomic E-state index is 5.51. The van der Waals surface area contributed by atoms with Gasteiger partial charge in [0.1, 0.15) is 0 Å². The first-order valence-electron chi connectivity index (χ1n) is 4.55. The van der Waals surface area contributed by atoms with E-state index in [9.17, 15) is 0 Å². The summed E-state index contributed by atoms with van der Waals surface area (Å²) in [6.45, 7) is 6.58. The highest BCUT2D eigenvalue weighted by Gasteiger charge is 2.28. The van der Waals surface area contributed by atoms with Crippen LogP contribution in [-0.4, -0.2) is 32.9 Å². The Morgan fingerprint density at radius 1 is 1.50 bits per heavy atom. The highest BCUT2D eigenvalue weighted by Crippen LogP contribution is 2.32. The van der Waals surface area contributed by atoms with Crippen LogP contribution in [0.2, 0.25) is 0 Å². The monoisotopic (exact) mass is 230 g/mol. The van der Waals surface area contributed by atoms with E-state index in [4.69, 9.17) is 5.73 Å². The van der Waals surface area contributed by atoms with Crippen LogP contribution in [0.3, 0.4) is 0 Å². The summed E-state index contributed by atoms with van der Waals surface area (Å²) in [5.74, 6) is 1.54. The van der Waals surface area contributed by atoms with Crippen LogP contribution in [-0.2, 0) is 0 Å². The Morgan fingerprint density at radius 2 is 2.29 bits per heavy atom. The minimum absolute atomic E-state index is 0.304. The lowest BCUT2D eigenvalue weighted by Crippen LogP contribution is -2.43. The predicted molar refractivity (Wildman–Crippen MR) is 63.1 cm³/mol. The van der Waals surface area contributed by atoms with E-state index in [0.29, 0.717) is 10.7 Å². The van der Waals surface area contributed by atoms with E-state index in [0.717, 1.165) is 24.0 Å². The van der Waals surface area contributed by atoms with Gasteiger partial charge in [-0.05, 0) is 13.8 Å². The number of aromatic nitrogens is 2. The van der Waals surface area contributed by atoms with Gasteiger partial charge in [0.05, 0.1) is 0 Å². The lowest BCUT2D eigenvalue weighted by atomic mass is 10.2. The Hall–Kier alpha value is -0.490. The summed E-state index contributed by atoms with van der Waals surface area (Å²) >= 11 is 3.40. The lowest BCUT2D eigenvalue weighted by Gasteiger charge is -2.37. The number of rotatable bonds is 1. The fraction of sp³-hybridized carbons (Fsp3) is 0.750. The van der Waals surface area contributed by atoms with Gasteiger partial charge in [0.2, 0.25) is 11.1 Å². The fourth-order valence-electron chi connectivity index (χ4n) is 1.53. The molecule has 1 fully saturated rings. The van der Waals surface area contributed by atoms with Gasteiger partial charge in [-0.25, -0.2) is 0 Å². The average molecular weight is 230 g/mol. The highest BCUT2D eigenvalue weighted by molar-refractivity contribution is 8.00. The van der Waals surface area contributed by atoms with Crippen molar-refractivity contribution in [1.82, 2.24) is 9.36 Å². The van der Waals surface area contributed by atoms with Crippen molar-refractivity contribution < 1.29 is 0 Å². The van der Waals surface area contributed by atoms with Gasteiger partial charge in [-0.2, -0.15) is 21.1 Å². The van der Waals surface area contributed by atoms with Crippen molar-refractivity contribution in [2.24, 2.45) is 0 Å². The SMILES string of the molecule is CC1(C)CN(c2nc(N)ns2)CCS1. The molecule has 0 amide bonds. The molecule has 0 saturated carbocycles. The molecule has 2 heterocycles. The molecular formula is C8H14N4S2.